The van der Waals surface area contributed by atoms with Crippen LogP contribution in [0.3, 0.4) is 0 Å². The molecule has 2 N–H and O–H groups in total. The lowest BCUT2D eigenvalue weighted by Crippen LogP contribution is -2.49. The highest BCUT2D eigenvalue weighted by Gasteiger charge is 2.25. The molecule has 0 aromatic carbocycles. The normalized spacial score (nSPS) is 36.6. The first-order chi connectivity index (χ1) is 10.1. The molecule has 4 nitrogen and oxygen atoms in total. The van der Waals surface area contributed by atoms with Crippen molar-refractivity contribution in [2.45, 2.75) is 64.2 Å². The minimum Gasteiger partial charge on any atom is -0.389 e. The Hall–Kier alpha value is -0.160. The van der Waals surface area contributed by atoms with Gasteiger partial charge in [0, 0.05) is 19.1 Å². The first kappa shape index (κ1) is 17.2. The van der Waals surface area contributed by atoms with Gasteiger partial charge in [-0.1, -0.05) is 26.7 Å². The topological polar surface area (TPSA) is 44.7 Å². The van der Waals surface area contributed by atoms with Crippen molar-refractivity contribution in [1.82, 2.24) is 10.2 Å². The number of nitrogens with zero attached hydrogens (tertiary/aromatic N) is 1. The number of likely N-dealkylation sites (tertiary alicyclic amines) is 1. The second-order valence-corrected chi connectivity index (χ2v) is 7.33. The van der Waals surface area contributed by atoms with Crippen molar-refractivity contribution in [2.24, 2.45) is 11.8 Å². The van der Waals surface area contributed by atoms with Crippen molar-refractivity contribution in [2.75, 3.05) is 33.3 Å². The van der Waals surface area contributed by atoms with Crippen molar-refractivity contribution >= 4 is 0 Å². The average molecular weight is 298 g/mol. The minimum absolute atomic E-state index is 0.357. The Morgan fingerprint density at radius 3 is 2.67 bits per heavy atom. The third-order valence-corrected chi connectivity index (χ3v) is 5.26. The molecule has 5 atom stereocenters. The van der Waals surface area contributed by atoms with Crippen LogP contribution in [0.5, 0.6) is 0 Å². The predicted octanol–water partition coefficient (Wildman–Crippen LogP) is 1.87. The summed E-state index contributed by atoms with van der Waals surface area (Å²) in [7, 11) is 2.18. The van der Waals surface area contributed by atoms with Gasteiger partial charge in [-0.15, -0.1) is 0 Å². The molecular formula is C17H34N2O2. The molecule has 0 radical (unpaired) electrons. The van der Waals surface area contributed by atoms with E-state index in [0.29, 0.717) is 37.1 Å². The van der Waals surface area contributed by atoms with E-state index in [1.165, 1.54) is 25.7 Å². The molecule has 1 heterocycles. The van der Waals surface area contributed by atoms with Crippen LogP contribution < -0.4 is 5.32 Å². The summed E-state index contributed by atoms with van der Waals surface area (Å²) in [5, 5.41) is 13.7. The highest BCUT2D eigenvalue weighted by molar-refractivity contribution is 4.82. The number of hydrogen-bond acceptors (Lipinski definition) is 4. The van der Waals surface area contributed by atoms with E-state index in [1.807, 2.05) is 0 Å². The van der Waals surface area contributed by atoms with Crippen LogP contribution in [0.25, 0.3) is 0 Å². The Balaban J connectivity index is 1.62. The molecule has 0 aromatic heterocycles. The zero-order valence-corrected chi connectivity index (χ0v) is 14.1. The predicted molar refractivity (Wildman–Crippen MR) is 86.4 cm³/mol. The molecule has 0 spiro atoms. The third-order valence-electron chi connectivity index (χ3n) is 5.26. The van der Waals surface area contributed by atoms with Gasteiger partial charge in [-0.05, 0) is 44.7 Å². The van der Waals surface area contributed by atoms with E-state index < -0.39 is 0 Å². The maximum atomic E-state index is 10.1. The van der Waals surface area contributed by atoms with Gasteiger partial charge in [0.2, 0.25) is 0 Å². The minimum atomic E-state index is -0.383. The molecule has 0 bridgehead atoms. The van der Waals surface area contributed by atoms with E-state index in [4.69, 9.17) is 4.74 Å². The molecule has 4 heteroatoms. The number of hydrogen-bond donors (Lipinski definition) is 2. The molecule has 21 heavy (non-hydrogen) atoms. The van der Waals surface area contributed by atoms with Gasteiger partial charge >= 0.3 is 0 Å². The van der Waals surface area contributed by atoms with Gasteiger partial charge in [-0.25, -0.2) is 0 Å². The average Bonchev–Trinajstić information content (AvgIpc) is 2.45. The quantitative estimate of drug-likeness (QED) is 0.786. The van der Waals surface area contributed by atoms with Crippen LogP contribution in [0, 0.1) is 11.8 Å². The van der Waals surface area contributed by atoms with E-state index in [9.17, 15) is 5.11 Å². The lowest BCUT2D eigenvalue weighted by atomic mass is 9.88. The molecular weight excluding hydrogens is 264 g/mol. The molecule has 1 saturated carbocycles. The molecule has 2 rings (SSSR count). The molecule has 2 aliphatic rings. The second-order valence-electron chi connectivity index (χ2n) is 7.33. The number of rotatable bonds is 6. The molecule has 5 unspecified atom stereocenters. The SMILES string of the molecule is CC1CN(C)CCC1NCC(O)COC1CCCCC1C. The van der Waals surface area contributed by atoms with Crippen molar-refractivity contribution < 1.29 is 9.84 Å². The van der Waals surface area contributed by atoms with Crippen LogP contribution in [-0.2, 0) is 4.74 Å². The Kier molecular flexibility index (Phi) is 6.93. The first-order valence-corrected chi connectivity index (χ1v) is 8.78. The van der Waals surface area contributed by atoms with Crippen molar-refractivity contribution in [3.63, 3.8) is 0 Å². The Labute approximate surface area is 130 Å². The van der Waals surface area contributed by atoms with Crippen LogP contribution >= 0.6 is 0 Å². The number of aliphatic hydroxyl groups is 1. The van der Waals surface area contributed by atoms with Gasteiger partial charge in [0.25, 0.3) is 0 Å². The summed E-state index contributed by atoms with van der Waals surface area (Å²) in [6.07, 6.45) is 6.18. The Bertz CT molecular complexity index is 301. The van der Waals surface area contributed by atoms with Crippen LogP contribution in [0.15, 0.2) is 0 Å². The van der Waals surface area contributed by atoms with Crippen molar-refractivity contribution in [1.29, 1.82) is 0 Å². The van der Waals surface area contributed by atoms with Crippen molar-refractivity contribution in [3.8, 4) is 0 Å². The zero-order chi connectivity index (χ0) is 15.2. The van der Waals surface area contributed by atoms with E-state index in [-0.39, 0.29) is 6.10 Å². The van der Waals surface area contributed by atoms with Crippen LogP contribution in [0.1, 0.15) is 46.0 Å². The van der Waals surface area contributed by atoms with Crippen LogP contribution in [0.2, 0.25) is 0 Å². The monoisotopic (exact) mass is 298 g/mol. The van der Waals surface area contributed by atoms with E-state index >= 15 is 0 Å². The summed E-state index contributed by atoms with van der Waals surface area (Å²) in [5.74, 6) is 1.29. The molecule has 0 aromatic rings. The van der Waals surface area contributed by atoms with Gasteiger partial charge in [-0.3, -0.25) is 0 Å². The molecule has 0 amide bonds. The lowest BCUT2D eigenvalue weighted by molar-refractivity contribution is -0.0463. The molecule has 2 fully saturated rings. The summed E-state index contributed by atoms with van der Waals surface area (Å²) < 4.78 is 5.94. The summed E-state index contributed by atoms with van der Waals surface area (Å²) >= 11 is 0. The van der Waals surface area contributed by atoms with Crippen LogP contribution in [-0.4, -0.2) is 61.5 Å². The van der Waals surface area contributed by atoms with Gasteiger partial charge < -0.3 is 20.1 Å². The first-order valence-electron chi connectivity index (χ1n) is 8.78. The van der Waals surface area contributed by atoms with Gasteiger partial charge in [0.15, 0.2) is 0 Å². The van der Waals surface area contributed by atoms with E-state index in [1.54, 1.807) is 0 Å². The van der Waals surface area contributed by atoms with Gasteiger partial charge in [0.1, 0.15) is 0 Å². The Morgan fingerprint density at radius 2 is 1.95 bits per heavy atom. The molecule has 1 aliphatic heterocycles. The van der Waals surface area contributed by atoms with Gasteiger partial charge in [0.05, 0.1) is 18.8 Å². The summed E-state index contributed by atoms with van der Waals surface area (Å²) in [5.41, 5.74) is 0. The number of nitrogens with one attached hydrogen (secondary N) is 1. The second kappa shape index (κ2) is 8.47. The maximum absolute atomic E-state index is 10.1. The summed E-state index contributed by atoms with van der Waals surface area (Å²) in [6.45, 7) is 7.98. The van der Waals surface area contributed by atoms with Gasteiger partial charge in [-0.2, -0.15) is 0 Å². The number of aliphatic hydroxyl groups excluding tert-OH is 1. The molecule has 124 valence electrons. The fourth-order valence-electron chi connectivity index (χ4n) is 3.77. The molecule has 1 saturated heterocycles. The standard InChI is InChI=1S/C17H34N2O2/c1-13-6-4-5-7-17(13)21-12-15(20)10-18-16-8-9-19(3)11-14(16)2/h13-18,20H,4-12H2,1-3H3. The van der Waals surface area contributed by atoms with Crippen LogP contribution in [0.4, 0.5) is 0 Å². The fraction of sp³-hybridized carbons (Fsp3) is 1.00. The number of ether oxygens (including phenoxy) is 1. The molecule has 1 aliphatic carbocycles. The highest BCUT2D eigenvalue weighted by Crippen LogP contribution is 2.26. The number of piperidine rings is 1. The lowest BCUT2D eigenvalue weighted by Gasteiger charge is -2.36. The smallest absolute Gasteiger partial charge is 0.0897 e. The van der Waals surface area contributed by atoms with E-state index in [2.05, 4.69) is 31.1 Å². The highest BCUT2D eigenvalue weighted by atomic mass is 16.5. The van der Waals surface area contributed by atoms with Crippen molar-refractivity contribution in [3.05, 3.63) is 0 Å². The zero-order valence-electron chi connectivity index (χ0n) is 14.1. The summed E-state index contributed by atoms with van der Waals surface area (Å²) in [4.78, 5) is 2.38. The largest absolute Gasteiger partial charge is 0.389 e. The summed E-state index contributed by atoms with van der Waals surface area (Å²) in [6, 6.07) is 0.532. The fourth-order valence-corrected chi connectivity index (χ4v) is 3.77. The van der Waals surface area contributed by atoms with E-state index in [0.717, 1.165) is 19.5 Å². The maximum Gasteiger partial charge on any atom is 0.0897 e. The Morgan fingerprint density at radius 1 is 1.19 bits per heavy atom. The third kappa shape index (κ3) is 5.51.